The second-order valence-corrected chi connectivity index (χ2v) is 14.6. The van der Waals surface area contributed by atoms with Crippen molar-refractivity contribution in [1.82, 2.24) is 10.2 Å². The Labute approximate surface area is 275 Å². The summed E-state index contributed by atoms with van der Waals surface area (Å²) in [5.74, 6) is -0.937. The van der Waals surface area contributed by atoms with Crippen molar-refractivity contribution in [2.45, 2.75) is 57.1 Å². The van der Waals surface area contributed by atoms with Gasteiger partial charge in [0, 0.05) is 28.5 Å². The molecule has 1 atom stereocenters. The van der Waals surface area contributed by atoms with Crippen LogP contribution in [0.1, 0.15) is 37.5 Å². The molecule has 0 saturated carbocycles. The van der Waals surface area contributed by atoms with E-state index < -0.39 is 34.1 Å². The van der Waals surface area contributed by atoms with Gasteiger partial charge in [0.05, 0.1) is 10.6 Å². The third kappa shape index (κ3) is 9.10. The Morgan fingerprint density at radius 2 is 1.49 bits per heavy atom. The number of anilines is 1. The molecule has 45 heavy (non-hydrogen) atoms. The Morgan fingerprint density at radius 3 is 2.11 bits per heavy atom. The van der Waals surface area contributed by atoms with Crippen LogP contribution in [0.15, 0.2) is 108 Å². The zero-order valence-corrected chi connectivity index (χ0v) is 28.0. The van der Waals surface area contributed by atoms with Crippen molar-refractivity contribution in [3.8, 4) is 0 Å². The largest absolute Gasteiger partial charge is 0.350 e. The average molecular weight is 667 g/mol. The minimum Gasteiger partial charge on any atom is -0.350 e. The Bertz CT molecular complexity index is 1740. The zero-order valence-electron chi connectivity index (χ0n) is 25.7. The molecule has 0 saturated heterocycles. The molecule has 4 aromatic carbocycles. The first-order valence-electron chi connectivity index (χ1n) is 14.5. The summed E-state index contributed by atoms with van der Waals surface area (Å²) in [6.07, 6.45) is 0.202. The van der Waals surface area contributed by atoms with Crippen LogP contribution in [-0.4, -0.2) is 43.3 Å². The number of benzene rings is 4. The summed E-state index contributed by atoms with van der Waals surface area (Å²) in [4.78, 5) is 29.9. The summed E-state index contributed by atoms with van der Waals surface area (Å²) in [7, 11) is -4.23. The van der Waals surface area contributed by atoms with Crippen LogP contribution in [0.25, 0.3) is 0 Å². The number of carbonyl (C=O) groups excluding carboxylic acids is 2. The van der Waals surface area contributed by atoms with E-state index in [1.165, 1.54) is 29.2 Å². The molecule has 0 bridgehead atoms. The van der Waals surface area contributed by atoms with Gasteiger partial charge in [-0.15, -0.1) is 0 Å². The van der Waals surface area contributed by atoms with Crippen molar-refractivity contribution in [2.75, 3.05) is 10.8 Å². The molecular formula is C35H37Cl2N3O4S. The van der Waals surface area contributed by atoms with Gasteiger partial charge in [-0.1, -0.05) is 83.9 Å². The molecular weight excluding hydrogens is 629 g/mol. The summed E-state index contributed by atoms with van der Waals surface area (Å²) in [5, 5.41) is 3.83. The van der Waals surface area contributed by atoms with Crippen molar-refractivity contribution in [3.63, 3.8) is 0 Å². The number of hydrogen-bond acceptors (Lipinski definition) is 4. The summed E-state index contributed by atoms with van der Waals surface area (Å²) in [6.45, 7) is 6.85. The predicted octanol–water partition coefficient (Wildman–Crippen LogP) is 7.05. The highest BCUT2D eigenvalue weighted by Gasteiger charge is 2.36. The zero-order chi connectivity index (χ0) is 32.8. The van der Waals surface area contributed by atoms with Crippen molar-refractivity contribution >= 4 is 50.7 Å². The molecule has 0 aliphatic carbocycles. The number of halogens is 2. The first-order chi connectivity index (χ1) is 21.2. The van der Waals surface area contributed by atoms with Crippen LogP contribution in [0.4, 0.5) is 5.69 Å². The molecule has 0 heterocycles. The fourth-order valence-corrected chi connectivity index (χ4v) is 6.59. The summed E-state index contributed by atoms with van der Waals surface area (Å²) in [6, 6.07) is 28.2. The molecule has 0 radical (unpaired) electrons. The van der Waals surface area contributed by atoms with Crippen molar-refractivity contribution in [1.29, 1.82) is 0 Å². The van der Waals surface area contributed by atoms with Crippen LogP contribution in [0, 0.1) is 6.92 Å². The standard InChI is InChI=1S/C35H37Cl2N3O4S/c1-25-11-10-15-29(21-25)40(45(43,44)30-19-17-28(36)18-20-30)24-33(41)39(23-27-14-8-9-16-31(27)37)32(34(42)38-35(2,3)4)22-26-12-6-5-7-13-26/h5-21,32H,22-24H2,1-4H3,(H,38,42)/t32-/m0/s1. The lowest BCUT2D eigenvalue weighted by Crippen LogP contribution is -2.56. The number of rotatable bonds is 11. The molecule has 10 heteroatoms. The first-order valence-corrected chi connectivity index (χ1v) is 16.7. The van der Waals surface area contributed by atoms with Gasteiger partial charge in [-0.05, 0) is 86.8 Å². The molecule has 0 fully saturated rings. The van der Waals surface area contributed by atoms with Crippen molar-refractivity contribution < 1.29 is 18.0 Å². The van der Waals surface area contributed by atoms with Gasteiger partial charge in [-0.25, -0.2) is 8.42 Å². The molecule has 7 nitrogen and oxygen atoms in total. The van der Waals surface area contributed by atoms with Crippen LogP contribution in [0.2, 0.25) is 10.0 Å². The van der Waals surface area contributed by atoms with Crippen molar-refractivity contribution in [2.24, 2.45) is 0 Å². The van der Waals surface area contributed by atoms with Crippen molar-refractivity contribution in [3.05, 3.63) is 130 Å². The number of aryl methyl sites for hydroxylation is 1. The van der Waals surface area contributed by atoms with E-state index in [0.717, 1.165) is 15.4 Å². The van der Waals surface area contributed by atoms with Crippen LogP contribution in [-0.2, 0) is 32.6 Å². The highest BCUT2D eigenvalue weighted by atomic mass is 35.5. The predicted molar refractivity (Wildman–Crippen MR) is 181 cm³/mol. The maximum atomic E-state index is 14.5. The van der Waals surface area contributed by atoms with E-state index >= 15 is 0 Å². The Hall–Kier alpha value is -3.85. The molecule has 1 N–H and O–H groups in total. The number of carbonyl (C=O) groups is 2. The third-order valence-corrected chi connectivity index (χ3v) is 9.45. The second-order valence-electron chi connectivity index (χ2n) is 11.9. The van der Waals surface area contributed by atoms with Gasteiger partial charge in [-0.2, -0.15) is 0 Å². The molecule has 0 spiro atoms. The maximum absolute atomic E-state index is 14.5. The van der Waals surface area contributed by atoms with Gasteiger partial charge in [0.1, 0.15) is 12.6 Å². The SMILES string of the molecule is Cc1cccc(N(CC(=O)N(Cc2ccccc2Cl)[C@@H](Cc2ccccc2)C(=O)NC(C)(C)C)S(=O)(=O)c2ccc(Cl)cc2)c1. The van der Waals surface area contributed by atoms with E-state index in [-0.39, 0.29) is 23.8 Å². The van der Waals surface area contributed by atoms with Crippen LogP contribution in [0.3, 0.4) is 0 Å². The third-order valence-electron chi connectivity index (χ3n) is 7.04. The maximum Gasteiger partial charge on any atom is 0.264 e. The minimum absolute atomic E-state index is 0.0176. The Morgan fingerprint density at radius 1 is 0.844 bits per heavy atom. The van der Waals surface area contributed by atoms with E-state index in [1.54, 1.807) is 42.5 Å². The molecule has 0 aliphatic rings. The van der Waals surface area contributed by atoms with Crippen LogP contribution in [0.5, 0.6) is 0 Å². The van der Waals surface area contributed by atoms with Gasteiger partial charge in [-0.3, -0.25) is 13.9 Å². The van der Waals surface area contributed by atoms with Gasteiger partial charge in [0.2, 0.25) is 11.8 Å². The van der Waals surface area contributed by atoms with Crippen LogP contribution >= 0.6 is 23.2 Å². The number of hydrogen-bond donors (Lipinski definition) is 1. The molecule has 4 rings (SSSR count). The topological polar surface area (TPSA) is 86.8 Å². The lowest BCUT2D eigenvalue weighted by atomic mass is 10.0. The summed E-state index contributed by atoms with van der Waals surface area (Å²) >= 11 is 12.6. The molecule has 236 valence electrons. The highest BCUT2D eigenvalue weighted by molar-refractivity contribution is 7.92. The minimum atomic E-state index is -4.23. The van der Waals surface area contributed by atoms with Crippen LogP contribution < -0.4 is 9.62 Å². The lowest BCUT2D eigenvalue weighted by Gasteiger charge is -2.35. The lowest BCUT2D eigenvalue weighted by molar-refractivity contribution is -0.140. The number of sulfonamides is 1. The second kappa shape index (κ2) is 14.5. The van der Waals surface area contributed by atoms with Gasteiger partial charge >= 0.3 is 0 Å². The number of amides is 2. The number of nitrogens with one attached hydrogen (secondary N) is 1. The van der Waals surface area contributed by atoms with E-state index in [1.807, 2.05) is 64.1 Å². The fraction of sp³-hybridized carbons (Fsp3) is 0.257. The van der Waals surface area contributed by atoms with Gasteiger partial charge in [0.15, 0.2) is 0 Å². The number of nitrogens with zero attached hydrogens (tertiary/aromatic N) is 2. The highest BCUT2D eigenvalue weighted by Crippen LogP contribution is 2.27. The van der Waals surface area contributed by atoms with E-state index in [9.17, 15) is 18.0 Å². The Kier molecular flexibility index (Phi) is 11.0. The van der Waals surface area contributed by atoms with E-state index in [2.05, 4.69) is 5.32 Å². The molecule has 0 aromatic heterocycles. The fourth-order valence-electron chi connectivity index (χ4n) is 4.86. The molecule has 0 unspecified atom stereocenters. The Balaban J connectivity index is 1.83. The first kappa shape index (κ1) is 34.0. The summed E-state index contributed by atoms with van der Waals surface area (Å²) in [5.41, 5.74) is 2.01. The van der Waals surface area contributed by atoms with Gasteiger partial charge in [0.25, 0.3) is 10.0 Å². The van der Waals surface area contributed by atoms with E-state index in [4.69, 9.17) is 23.2 Å². The smallest absolute Gasteiger partial charge is 0.264 e. The molecule has 2 amide bonds. The van der Waals surface area contributed by atoms with E-state index in [0.29, 0.717) is 21.3 Å². The summed E-state index contributed by atoms with van der Waals surface area (Å²) < 4.78 is 29.3. The monoisotopic (exact) mass is 665 g/mol. The average Bonchev–Trinajstić information content (AvgIpc) is 2.98. The molecule has 0 aliphatic heterocycles. The quantitative estimate of drug-likeness (QED) is 0.186. The normalized spacial score (nSPS) is 12.3. The van der Waals surface area contributed by atoms with Gasteiger partial charge < -0.3 is 10.2 Å². The molecule has 4 aromatic rings.